The predicted molar refractivity (Wildman–Crippen MR) is 117 cm³/mol. The van der Waals surface area contributed by atoms with Crippen molar-refractivity contribution in [2.75, 3.05) is 22.9 Å². The molecule has 1 aliphatic carbocycles. The molecule has 1 aromatic carbocycles. The molecule has 5 N–H and O–H groups in total. The molecule has 1 aliphatic heterocycles. The van der Waals surface area contributed by atoms with Gasteiger partial charge in [-0.15, -0.1) is 0 Å². The maximum absolute atomic E-state index is 6.14. The molecule has 29 heavy (non-hydrogen) atoms. The van der Waals surface area contributed by atoms with Crippen molar-refractivity contribution < 1.29 is 0 Å². The van der Waals surface area contributed by atoms with Crippen molar-refractivity contribution in [3.05, 3.63) is 30.7 Å². The normalized spacial score (nSPS) is 21.0. The third-order valence-electron chi connectivity index (χ3n) is 6.42. The monoisotopic (exact) mass is 390 g/mol. The van der Waals surface area contributed by atoms with Crippen LogP contribution in [0.1, 0.15) is 44.9 Å². The highest BCUT2D eigenvalue weighted by molar-refractivity contribution is 5.91. The lowest BCUT2D eigenvalue weighted by molar-refractivity contribution is 0.297. The van der Waals surface area contributed by atoms with E-state index in [2.05, 4.69) is 37.6 Å². The van der Waals surface area contributed by atoms with Crippen LogP contribution in [0, 0.1) is 12.3 Å². The molecule has 2 fully saturated rings. The minimum absolute atomic E-state index is 0.315. The molecular formula is C22H28N7. The van der Waals surface area contributed by atoms with Gasteiger partial charge in [0, 0.05) is 29.6 Å². The second kappa shape index (κ2) is 7.54. The Morgan fingerprint density at radius 2 is 1.86 bits per heavy atom. The number of aromatic amines is 1. The van der Waals surface area contributed by atoms with Crippen LogP contribution in [0.5, 0.6) is 0 Å². The molecule has 1 unspecified atom stereocenters. The number of nitrogens with one attached hydrogen (secondary N) is 1. The second-order valence-corrected chi connectivity index (χ2v) is 8.30. The van der Waals surface area contributed by atoms with Gasteiger partial charge in [-0.05, 0) is 50.2 Å². The van der Waals surface area contributed by atoms with Crippen molar-refractivity contribution in [1.29, 1.82) is 0 Å². The first kappa shape index (κ1) is 18.2. The zero-order chi connectivity index (χ0) is 19.8. The van der Waals surface area contributed by atoms with E-state index in [4.69, 9.17) is 11.5 Å². The van der Waals surface area contributed by atoms with E-state index >= 15 is 0 Å². The molecule has 1 atom stereocenters. The van der Waals surface area contributed by atoms with E-state index in [1.165, 1.54) is 38.5 Å². The Hall–Kier alpha value is -2.83. The smallest absolute Gasteiger partial charge is 0.222 e. The van der Waals surface area contributed by atoms with Gasteiger partial charge in [0.15, 0.2) is 5.82 Å². The van der Waals surface area contributed by atoms with E-state index in [9.17, 15) is 0 Å². The minimum atomic E-state index is 0.315. The van der Waals surface area contributed by atoms with E-state index < -0.39 is 0 Å². The van der Waals surface area contributed by atoms with Crippen LogP contribution in [0.3, 0.4) is 0 Å². The van der Waals surface area contributed by atoms with Crippen molar-refractivity contribution in [2.45, 2.75) is 51.0 Å². The summed E-state index contributed by atoms with van der Waals surface area (Å²) in [5.41, 5.74) is 14.7. The highest BCUT2D eigenvalue weighted by Gasteiger charge is 2.32. The molecular weight excluding hydrogens is 362 g/mol. The molecule has 0 bridgehead atoms. The maximum Gasteiger partial charge on any atom is 0.222 e. The van der Waals surface area contributed by atoms with Gasteiger partial charge in [0.25, 0.3) is 0 Å². The van der Waals surface area contributed by atoms with Crippen LogP contribution in [0.4, 0.5) is 17.6 Å². The molecule has 3 heterocycles. The third-order valence-corrected chi connectivity index (χ3v) is 6.42. The first-order valence-corrected chi connectivity index (χ1v) is 10.7. The summed E-state index contributed by atoms with van der Waals surface area (Å²) in [5, 5.41) is 7.98. The van der Waals surface area contributed by atoms with Crippen molar-refractivity contribution in [1.82, 2.24) is 20.2 Å². The van der Waals surface area contributed by atoms with Gasteiger partial charge >= 0.3 is 0 Å². The number of piperidine rings is 1. The Morgan fingerprint density at radius 1 is 1.00 bits per heavy atom. The lowest BCUT2D eigenvalue weighted by Gasteiger charge is -2.42. The van der Waals surface area contributed by atoms with Crippen LogP contribution >= 0.6 is 0 Å². The number of hydrogen-bond donors (Lipinski definition) is 3. The second-order valence-electron chi connectivity index (χ2n) is 8.30. The molecule has 2 aromatic heterocycles. The lowest BCUT2D eigenvalue weighted by atomic mass is 9.80. The molecule has 1 saturated carbocycles. The van der Waals surface area contributed by atoms with Crippen LogP contribution in [0.15, 0.2) is 24.3 Å². The fourth-order valence-electron chi connectivity index (χ4n) is 4.96. The lowest BCUT2D eigenvalue weighted by Crippen LogP contribution is -2.45. The topological polar surface area (TPSA) is 110 Å². The molecule has 0 amide bonds. The van der Waals surface area contributed by atoms with E-state index in [-0.39, 0.29) is 0 Å². The summed E-state index contributed by atoms with van der Waals surface area (Å²) in [7, 11) is 0. The van der Waals surface area contributed by atoms with Gasteiger partial charge in [-0.1, -0.05) is 25.3 Å². The highest BCUT2D eigenvalue weighted by atomic mass is 15.2. The first-order valence-electron chi connectivity index (χ1n) is 10.7. The molecule has 0 spiro atoms. The third kappa shape index (κ3) is 3.50. The van der Waals surface area contributed by atoms with Gasteiger partial charge in [-0.25, -0.2) is 4.98 Å². The van der Waals surface area contributed by atoms with Gasteiger partial charge in [0.1, 0.15) is 5.82 Å². The van der Waals surface area contributed by atoms with Gasteiger partial charge < -0.3 is 16.4 Å². The number of nitrogen functional groups attached to an aromatic ring is 2. The fourth-order valence-corrected chi connectivity index (χ4v) is 4.96. The van der Waals surface area contributed by atoms with E-state index in [1.54, 1.807) is 0 Å². The predicted octanol–water partition coefficient (Wildman–Crippen LogP) is 3.94. The summed E-state index contributed by atoms with van der Waals surface area (Å²) in [6.07, 6.45) is 11.5. The summed E-state index contributed by atoms with van der Waals surface area (Å²) in [4.78, 5) is 11.6. The van der Waals surface area contributed by atoms with Crippen LogP contribution in [0.25, 0.3) is 22.2 Å². The van der Waals surface area contributed by atoms with Crippen molar-refractivity contribution >= 4 is 28.5 Å². The summed E-state index contributed by atoms with van der Waals surface area (Å²) >= 11 is 0. The average Bonchev–Trinajstić information content (AvgIpc) is 3.14. The van der Waals surface area contributed by atoms with Crippen LogP contribution < -0.4 is 16.4 Å². The van der Waals surface area contributed by atoms with Crippen molar-refractivity contribution in [3.8, 4) is 11.3 Å². The van der Waals surface area contributed by atoms with Gasteiger partial charge in [0.05, 0.1) is 11.2 Å². The standard InChI is InChI=1S/C22H28N7/c23-21-16-10-9-15(12-18(16)27-28-21)17-13-20(26-22(24)25-17)29-11-5-4-8-19(29)14-6-2-1-3-7-14/h8-10,12-14,19H,1-7,11H2,(H3,23,27,28)(H2,24,25,26). The van der Waals surface area contributed by atoms with E-state index in [0.717, 1.165) is 40.9 Å². The summed E-state index contributed by atoms with van der Waals surface area (Å²) in [5.74, 6) is 2.47. The number of H-pyrrole nitrogens is 1. The summed E-state index contributed by atoms with van der Waals surface area (Å²) in [6.45, 7) is 1.02. The van der Waals surface area contributed by atoms with Crippen molar-refractivity contribution in [3.63, 3.8) is 0 Å². The molecule has 3 aromatic rings. The maximum atomic E-state index is 6.14. The van der Waals surface area contributed by atoms with Gasteiger partial charge in [-0.3, -0.25) is 5.10 Å². The van der Waals surface area contributed by atoms with E-state index in [1.807, 2.05) is 18.2 Å². The Kier molecular flexibility index (Phi) is 4.73. The number of nitrogens with two attached hydrogens (primary N) is 2. The number of fused-ring (bicyclic) bond motifs is 1. The zero-order valence-electron chi connectivity index (χ0n) is 16.6. The molecule has 7 nitrogen and oxygen atoms in total. The molecule has 7 heteroatoms. The van der Waals surface area contributed by atoms with Crippen molar-refractivity contribution in [2.24, 2.45) is 5.92 Å². The number of hydrogen-bond acceptors (Lipinski definition) is 6. The number of nitrogens with zero attached hydrogens (tertiary/aromatic N) is 4. The minimum Gasteiger partial charge on any atom is -0.382 e. The van der Waals surface area contributed by atoms with Crippen LogP contribution in [-0.4, -0.2) is 32.8 Å². The Balaban J connectivity index is 1.50. The first-order chi connectivity index (χ1) is 14.2. The zero-order valence-corrected chi connectivity index (χ0v) is 16.6. The Bertz CT molecular complexity index is 1010. The van der Waals surface area contributed by atoms with Gasteiger partial charge in [0.2, 0.25) is 5.95 Å². The summed E-state index contributed by atoms with van der Waals surface area (Å²) < 4.78 is 0. The highest BCUT2D eigenvalue weighted by Crippen LogP contribution is 2.36. The molecule has 151 valence electrons. The fraction of sp³-hybridized carbons (Fsp3) is 0.455. The Morgan fingerprint density at radius 3 is 2.72 bits per heavy atom. The number of anilines is 3. The van der Waals surface area contributed by atoms with Crippen LogP contribution in [0.2, 0.25) is 0 Å². The molecule has 5 rings (SSSR count). The largest absolute Gasteiger partial charge is 0.382 e. The van der Waals surface area contributed by atoms with Gasteiger partial charge in [-0.2, -0.15) is 10.1 Å². The quantitative estimate of drug-likeness (QED) is 0.625. The number of rotatable bonds is 3. The molecule has 1 radical (unpaired) electrons. The number of aromatic nitrogens is 4. The summed E-state index contributed by atoms with van der Waals surface area (Å²) in [6, 6.07) is 8.53. The SMILES string of the molecule is Nc1nc(-c2ccc3c(N)n[nH]c3c2)cc(N2CCC[CH]C2C2CCCCC2)n1. The Labute approximate surface area is 170 Å². The van der Waals surface area contributed by atoms with Crippen LogP contribution in [-0.2, 0) is 0 Å². The molecule has 1 saturated heterocycles. The van der Waals surface area contributed by atoms with E-state index in [0.29, 0.717) is 23.7 Å². The number of benzene rings is 1. The molecule has 2 aliphatic rings. The average molecular weight is 391 g/mol.